The summed E-state index contributed by atoms with van der Waals surface area (Å²) in [4.78, 5) is 4.44. The topological polar surface area (TPSA) is 49.5 Å². The molecule has 0 atom stereocenters. The Bertz CT molecular complexity index is 297. The highest BCUT2D eigenvalue weighted by Gasteiger charge is 2.30. The maximum Gasteiger partial charge on any atom is 0.406 e. The number of aromatic nitrogens is 1. The first-order valence-electron chi connectivity index (χ1n) is 3.75. The van der Waals surface area contributed by atoms with Crippen LogP contribution in [0.3, 0.4) is 0 Å². The van der Waals surface area contributed by atoms with E-state index < -0.39 is 12.7 Å². The zero-order valence-electron chi connectivity index (χ0n) is 7.38. The minimum atomic E-state index is -4.30. The summed E-state index contributed by atoms with van der Waals surface area (Å²) in [5.41, 5.74) is 0.203. The molecule has 1 aromatic heterocycles. The molecule has 0 spiro atoms. The van der Waals surface area contributed by atoms with Gasteiger partial charge in [-0.1, -0.05) is 0 Å². The van der Waals surface area contributed by atoms with Gasteiger partial charge in [0.25, 0.3) is 6.01 Å². The van der Waals surface area contributed by atoms with Crippen molar-refractivity contribution >= 4 is 6.01 Å². The van der Waals surface area contributed by atoms with Crippen LogP contribution in [0, 0.1) is 0 Å². The third kappa shape index (κ3) is 2.91. The van der Waals surface area contributed by atoms with E-state index in [0.717, 1.165) is 11.2 Å². The van der Waals surface area contributed by atoms with Crippen molar-refractivity contribution in [1.82, 2.24) is 4.98 Å². The van der Waals surface area contributed by atoms with E-state index >= 15 is 0 Å². The molecule has 0 aliphatic rings. The van der Waals surface area contributed by atoms with E-state index in [-0.39, 0.29) is 18.3 Å². The summed E-state index contributed by atoms with van der Waals surface area (Å²) in [5.74, 6) is 0. The summed E-state index contributed by atoms with van der Waals surface area (Å²) < 4.78 is 40.5. The molecule has 0 aliphatic heterocycles. The number of halogens is 3. The van der Waals surface area contributed by atoms with Crippen LogP contribution in [0.2, 0.25) is 0 Å². The SMILES string of the molecule is CN(CC(F)(F)F)c1nc(CO)co1. The second-order valence-corrected chi connectivity index (χ2v) is 2.75. The fourth-order valence-electron chi connectivity index (χ4n) is 0.881. The molecule has 1 rings (SSSR count). The van der Waals surface area contributed by atoms with Crippen molar-refractivity contribution in [3.05, 3.63) is 12.0 Å². The van der Waals surface area contributed by atoms with Gasteiger partial charge >= 0.3 is 6.18 Å². The van der Waals surface area contributed by atoms with Crippen molar-refractivity contribution in [3.63, 3.8) is 0 Å². The minimum Gasteiger partial charge on any atom is -0.432 e. The van der Waals surface area contributed by atoms with E-state index in [9.17, 15) is 13.2 Å². The molecule has 0 unspecified atom stereocenters. The van der Waals surface area contributed by atoms with E-state index in [1.807, 2.05) is 0 Å². The van der Waals surface area contributed by atoms with Gasteiger partial charge in [0, 0.05) is 7.05 Å². The van der Waals surface area contributed by atoms with Gasteiger partial charge in [-0.05, 0) is 0 Å². The molecule has 0 amide bonds. The van der Waals surface area contributed by atoms with Crippen molar-refractivity contribution in [2.75, 3.05) is 18.5 Å². The molecule has 0 radical (unpaired) electrons. The lowest BCUT2D eigenvalue weighted by Gasteiger charge is -2.15. The molecule has 1 N–H and O–H groups in total. The number of aliphatic hydroxyl groups excluding tert-OH is 1. The quantitative estimate of drug-likeness (QED) is 0.813. The first-order chi connectivity index (χ1) is 6.42. The van der Waals surface area contributed by atoms with E-state index in [1.165, 1.54) is 7.05 Å². The van der Waals surface area contributed by atoms with Gasteiger partial charge < -0.3 is 14.4 Å². The standard InChI is InChI=1S/C7H9F3N2O2/c1-12(4-7(8,9)10)6-11-5(2-13)3-14-6/h3,13H,2,4H2,1H3. The molecule has 0 bridgehead atoms. The maximum atomic E-state index is 11.9. The third-order valence-corrected chi connectivity index (χ3v) is 1.44. The summed E-state index contributed by atoms with van der Waals surface area (Å²) in [5, 5.41) is 8.60. The molecule has 80 valence electrons. The number of aliphatic hydroxyl groups is 1. The van der Waals surface area contributed by atoms with E-state index in [4.69, 9.17) is 9.52 Å². The van der Waals surface area contributed by atoms with Crippen LogP contribution >= 0.6 is 0 Å². The molecule has 0 saturated heterocycles. The highest BCUT2D eigenvalue weighted by molar-refractivity contribution is 5.25. The predicted octanol–water partition coefficient (Wildman–Crippen LogP) is 1.17. The Morgan fingerprint density at radius 2 is 2.21 bits per heavy atom. The first-order valence-corrected chi connectivity index (χ1v) is 3.75. The Morgan fingerprint density at radius 3 is 2.64 bits per heavy atom. The van der Waals surface area contributed by atoms with Gasteiger partial charge in [-0.25, -0.2) is 0 Å². The lowest BCUT2D eigenvalue weighted by Crippen LogP contribution is -2.31. The average molecular weight is 210 g/mol. The zero-order chi connectivity index (χ0) is 10.8. The Balaban J connectivity index is 2.65. The second-order valence-electron chi connectivity index (χ2n) is 2.75. The Labute approximate surface area is 78.0 Å². The molecule has 14 heavy (non-hydrogen) atoms. The number of oxazole rings is 1. The Kier molecular flexibility index (Phi) is 3.00. The molecule has 0 aliphatic carbocycles. The molecule has 7 heteroatoms. The van der Waals surface area contributed by atoms with Crippen LogP contribution in [-0.2, 0) is 6.61 Å². The lowest BCUT2D eigenvalue weighted by atomic mass is 10.5. The normalized spacial score (nSPS) is 11.8. The molecular weight excluding hydrogens is 201 g/mol. The number of hydrogen-bond donors (Lipinski definition) is 1. The molecule has 0 fully saturated rings. The predicted molar refractivity (Wildman–Crippen MR) is 41.8 cm³/mol. The Morgan fingerprint density at radius 1 is 1.57 bits per heavy atom. The fourth-order valence-corrected chi connectivity index (χ4v) is 0.881. The van der Waals surface area contributed by atoms with E-state index in [2.05, 4.69) is 4.98 Å². The van der Waals surface area contributed by atoms with Crippen molar-refractivity contribution in [2.24, 2.45) is 0 Å². The van der Waals surface area contributed by atoms with Gasteiger partial charge in [0.15, 0.2) is 0 Å². The van der Waals surface area contributed by atoms with Crippen molar-refractivity contribution in [1.29, 1.82) is 0 Å². The van der Waals surface area contributed by atoms with Gasteiger partial charge in [0.2, 0.25) is 0 Å². The summed E-state index contributed by atoms with van der Waals surface area (Å²) in [7, 11) is 1.21. The lowest BCUT2D eigenvalue weighted by molar-refractivity contribution is -0.119. The van der Waals surface area contributed by atoms with Gasteiger partial charge in [0.05, 0.1) is 6.61 Å². The highest BCUT2D eigenvalue weighted by Crippen LogP contribution is 2.20. The largest absolute Gasteiger partial charge is 0.432 e. The van der Waals surface area contributed by atoms with Crippen LogP contribution in [-0.4, -0.2) is 29.9 Å². The summed E-state index contributed by atoms with van der Waals surface area (Å²) >= 11 is 0. The second kappa shape index (κ2) is 3.87. The van der Waals surface area contributed by atoms with Gasteiger partial charge in [-0.15, -0.1) is 0 Å². The van der Waals surface area contributed by atoms with Crippen molar-refractivity contribution < 1.29 is 22.7 Å². The van der Waals surface area contributed by atoms with Crippen LogP contribution in [0.1, 0.15) is 5.69 Å². The van der Waals surface area contributed by atoms with Crippen LogP contribution in [0.5, 0.6) is 0 Å². The molecule has 1 heterocycles. The molecule has 0 aromatic carbocycles. The number of hydrogen-bond acceptors (Lipinski definition) is 4. The fraction of sp³-hybridized carbons (Fsp3) is 0.571. The van der Waals surface area contributed by atoms with Crippen LogP contribution in [0.15, 0.2) is 10.7 Å². The minimum absolute atomic E-state index is 0.161. The first kappa shape index (κ1) is 10.8. The van der Waals surface area contributed by atoms with Crippen molar-refractivity contribution in [3.8, 4) is 0 Å². The maximum absolute atomic E-state index is 11.9. The van der Waals surface area contributed by atoms with Crippen molar-refractivity contribution in [2.45, 2.75) is 12.8 Å². The monoisotopic (exact) mass is 210 g/mol. The number of rotatable bonds is 3. The number of alkyl halides is 3. The summed E-state index contributed by atoms with van der Waals surface area (Å²) in [6.07, 6.45) is -3.19. The van der Waals surface area contributed by atoms with Crippen LogP contribution < -0.4 is 4.90 Å². The molecular formula is C7H9F3N2O2. The van der Waals surface area contributed by atoms with Crippen LogP contribution in [0.4, 0.5) is 19.2 Å². The third-order valence-electron chi connectivity index (χ3n) is 1.44. The highest BCUT2D eigenvalue weighted by atomic mass is 19.4. The summed E-state index contributed by atoms with van der Waals surface area (Å²) in [6.45, 7) is -1.50. The van der Waals surface area contributed by atoms with E-state index in [1.54, 1.807) is 0 Å². The Hall–Kier alpha value is -1.24. The van der Waals surface area contributed by atoms with Gasteiger partial charge in [-0.2, -0.15) is 18.2 Å². The smallest absolute Gasteiger partial charge is 0.406 e. The average Bonchev–Trinajstić information content (AvgIpc) is 2.48. The molecule has 0 saturated carbocycles. The zero-order valence-corrected chi connectivity index (χ0v) is 7.38. The number of anilines is 1. The van der Waals surface area contributed by atoms with Gasteiger partial charge in [0.1, 0.15) is 18.5 Å². The van der Waals surface area contributed by atoms with Gasteiger partial charge in [-0.3, -0.25) is 0 Å². The van der Waals surface area contributed by atoms with Crippen LogP contribution in [0.25, 0.3) is 0 Å². The molecule has 1 aromatic rings. The summed E-state index contributed by atoms with van der Waals surface area (Å²) in [6, 6.07) is -0.161. The molecule has 4 nitrogen and oxygen atoms in total. The van der Waals surface area contributed by atoms with E-state index in [0.29, 0.717) is 0 Å². The number of nitrogens with zero attached hydrogens (tertiary/aromatic N) is 2.